The van der Waals surface area contributed by atoms with E-state index < -0.39 is 0 Å². The molecule has 0 amide bonds. The summed E-state index contributed by atoms with van der Waals surface area (Å²) in [6, 6.07) is 21.1. The van der Waals surface area contributed by atoms with Crippen LogP contribution in [0.1, 0.15) is 57.3 Å². The Hall–Kier alpha value is -2.43. The van der Waals surface area contributed by atoms with Crippen molar-refractivity contribution in [3.8, 4) is 16.9 Å². The molecule has 1 atom stereocenters. The highest BCUT2D eigenvalue weighted by atomic mass is 35.5. The molecule has 1 aromatic heterocycles. The Morgan fingerprint density at radius 2 is 1.82 bits per heavy atom. The zero-order valence-corrected chi connectivity index (χ0v) is 21.5. The third kappa shape index (κ3) is 5.13. The fraction of sp³-hybridized carbons (Fsp3) is 0.345. The molecule has 1 saturated carbocycles. The van der Waals surface area contributed by atoms with Gasteiger partial charge in [-0.15, -0.1) is 11.8 Å². The summed E-state index contributed by atoms with van der Waals surface area (Å²) in [5.41, 5.74) is 5.09. The van der Waals surface area contributed by atoms with Gasteiger partial charge in [0, 0.05) is 27.7 Å². The van der Waals surface area contributed by atoms with Crippen LogP contribution >= 0.6 is 23.4 Å². The molecule has 3 nitrogen and oxygen atoms in total. The molecule has 1 aliphatic rings. The Labute approximate surface area is 211 Å². The van der Waals surface area contributed by atoms with Crippen molar-refractivity contribution in [2.24, 2.45) is 5.92 Å². The first-order valence-electron chi connectivity index (χ1n) is 12.2. The van der Waals surface area contributed by atoms with E-state index >= 15 is 0 Å². The average Bonchev–Trinajstić information content (AvgIpc) is 3.57. The molecule has 5 rings (SSSR count). The maximum atomic E-state index is 6.75. The van der Waals surface area contributed by atoms with Gasteiger partial charge in [0.2, 0.25) is 0 Å². The van der Waals surface area contributed by atoms with Crippen LogP contribution in [0.4, 0.5) is 0 Å². The summed E-state index contributed by atoms with van der Waals surface area (Å²) < 4.78 is 6.04. The molecule has 3 aromatic carbocycles. The molecule has 5 heteroatoms. The smallest absolute Gasteiger partial charge is 0.127 e. The fourth-order valence-electron chi connectivity index (χ4n) is 4.35. The maximum Gasteiger partial charge on any atom is 0.127 e. The fourth-order valence-corrected chi connectivity index (χ4v) is 5.70. The Morgan fingerprint density at radius 3 is 2.53 bits per heavy atom. The number of rotatable bonds is 9. The highest BCUT2D eigenvalue weighted by Gasteiger charge is 2.22. The Kier molecular flexibility index (Phi) is 6.89. The first-order chi connectivity index (χ1) is 16.5. The highest BCUT2D eigenvalue weighted by Crippen LogP contribution is 2.39. The van der Waals surface area contributed by atoms with E-state index in [2.05, 4.69) is 48.3 Å². The average molecular weight is 491 g/mol. The predicted molar refractivity (Wildman–Crippen MR) is 144 cm³/mol. The third-order valence-corrected chi connectivity index (χ3v) is 7.89. The number of imidazole rings is 1. The first kappa shape index (κ1) is 23.3. The summed E-state index contributed by atoms with van der Waals surface area (Å²) >= 11 is 8.73. The standard InChI is InChI=1S/C29H31ClN2OS/c1-4-22(20-11-13-21(14-12-20)34-17-19-9-10-19)29-31-26-15-24(25(30)16-27(26)32-29)23-7-5-6-8-28(23)33-18(2)3/h5-8,11-16,18-19,22H,4,9-10,17H2,1-3H3,(H,31,32). The zero-order valence-electron chi connectivity index (χ0n) is 20.0. The van der Waals surface area contributed by atoms with Crippen molar-refractivity contribution in [2.45, 2.75) is 57.0 Å². The van der Waals surface area contributed by atoms with Crippen LogP contribution in [-0.4, -0.2) is 21.8 Å². The van der Waals surface area contributed by atoms with Crippen molar-refractivity contribution < 1.29 is 4.74 Å². The molecule has 0 aliphatic heterocycles. The minimum Gasteiger partial charge on any atom is -0.490 e. The van der Waals surface area contributed by atoms with E-state index in [0.29, 0.717) is 5.02 Å². The monoisotopic (exact) mass is 490 g/mol. The van der Waals surface area contributed by atoms with Crippen molar-refractivity contribution >= 4 is 34.4 Å². The van der Waals surface area contributed by atoms with Gasteiger partial charge in [-0.2, -0.15) is 0 Å². The summed E-state index contributed by atoms with van der Waals surface area (Å²) in [6.45, 7) is 6.28. The summed E-state index contributed by atoms with van der Waals surface area (Å²) in [5, 5.41) is 0.688. The topological polar surface area (TPSA) is 37.9 Å². The van der Waals surface area contributed by atoms with Crippen LogP contribution in [0.2, 0.25) is 5.02 Å². The van der Waals surface area contributed by atoms with Crippen LogP contribution in [-0.2, 0) is 0 Å². The van der Waals surface area contributed by atoms with Gasteiger partial charge in [0.15, 0.2) is 0 Å². The third-order valence-electron chi connectivity index (χ3n) is 6.33. The Bertz CT molecular complexity index is 1280. The van der Waals surface area contributed by atoms with Crippen LogP contribution < -0.4 is 4.74 Å². The molecular weight excluding hydrogens is 460 g/mol. The number of halogens is 1. The van der Waals surface area contributed by atoms with Gasteiger partial charge < -0.3 is 9.72 Å². The molecule has 1 fully saturated rings. The SMILES string of the molecule is CCC(c1ccc(SCC2CC2)cc1)c1nc2cc(-c3ccccc3OC(C)C)c(Cl)cc2[nH]1. The lowest BCUT2D eigenvalue weighted by Crippen LogP contribution is -2.06. The second-order valence-electron chi connectivity index (χ2n) is 9.42. The number of benzene rings is 3. The van der Waals surface area contributed by atoms with Gasteiger partial charge in [0.25, 0.3) is 0 Å². The lowest BCUT2D eigenvalue weighted by atomic mass is 9.96. The molecule has 0 spiro atoms. The molecule has 0 radical (unpaired) electrons. The molecule has 1 N–H and O–H groups in total. The lowest BCUT2D eigenvalue weighted by molar-refractivity contribution is 0.243. The first-order valence-corrected chi connectivity index (χ1v) is 13.6. The van der Waals surface area contributed by atoms with Gasteiger partial charge in [-0.05, 0) is 74.9 Å². The van der Waals surface area contributed by atoms with Crippen LogP contribution in [0.25, 0.3) is 22.2 Å². The van der Waals surface area contributed by atoms with Crippen LogP contribution in [0.3, 0.4) is 0 Å². The number of nitrogens with zero attached hydrogens (tertiary/aromatic N) is 1. The van der Waals surface area contributed by atoms with E-state index in [0.717, 1.165) is 46.1 Å². The van der Waals surface area contributed by atoms with Gasteiger partial charge in [-0.1, -0.05) is 48.9 Å². The van der Waals surface area contributed by atoms with Gasteiger partial charge >= 0.3 is 0 Å². The quantitative estimate of drug-likeness (QED) is 0.238. The number of thioether (sulfide) groups is 1. The normalized spacial score (nSPS) is 14.6. The van der Waals surface area contributed by atoms with Crippen molar-refractivity contribution in [2.75, 3.05) is 5.75 Å². The van der Waals surface area contributed by atoms with Crippen molar-refractivity contribution in [1.82, 2.24) is 9.97 Å². The van der Waals surface area contributed by atoms with E-state index in [9.17, 15) is 0 Å². The number of fused-ring (bicyclic) bond motifs is 1. The molecule has 176 valence electrons. The minimum atomic E-state index is 0.0875. The second kappa shape index (κ2) is 10.1. The number of H-pyrrole nitrogens is 1. The number of aromatic nitrogens is 2. The number of aromatic amines is 1. The highest BCUT2D eigenvalue weighted by molar-refractivity contribution is 7.99. The van der Waals surface area contributed by atoms with E-state index in [4.69, 9.17) is 21.3 Å². The predicted octanol–water partition coefficient (Wildman–Crippen LogP) is 8.71. The van der Waals surface area contributed by atoms with Gasteiger partial charge in [0.05, 0.1) is 22.2 Å². The summed E-state index contributed by atoms with van der Waals surface area (Å²) in [7, 11) is 0. The van der Waals surface area contributed by atoms with Gasteiger partial charge in [-0.25, -0.2) is 4.98 Å². The van der Waals surface area contributed by atoms with E-state index in [1.807, 2.05) is 49.9 Å². The van der Waals surface area contributed by atoms with Crippen LogP contribution in [0, 0.1) is 5.92 Å². The summed E-state index contributed by atoms with van der Waals surface area (Å²) in [4.78, 5) is 9.91. The van der Waals surface area contributed by atoms with Crippen LogP contribution in [0.15, 0.2) is 65.6 Å². The van der Waals surface area contributed by atoms with Crippen molar-refractivity contribution in [1.29, 1.82) is 0 Å². The number of ether oxygens (including phenoxy) is 1. The molecule has 1 unspecified atom stereocenters. The van der Waals surface area contributed by atoms with E-state index in [-0.39, 0.29) is 12.0 Å². The number of nitrogens with one attached hydrogen (secondary N) is 1. The van der Waals surface area contributed by atoms with E-state index in [1.54, 1.807) is 0 Å². The molecule has 0 saturated heterocycles. The van der Waals surface area contributed by atoms with Crippen molar-refractivity contribution in [3.05, 3.63) is 77.1 Å². The minimum absolute atomic E-state index is 0.0875. The lowest BCUT2D eigenvalue weighted by Gasteiger charge is -2.15. The van der Waals surface area contributed by atoms with Gasteiger partial charge in [-0.3, -0.25) is 0 Å². The maximum absolute atomic E-state index is 6.75. The molecule has 1 heterocycles. The van der Waals surface area contributed by atoms with E-state index in [1.165, 1.54) is 29.1 Å². The Morgan fingerprint density at radius 1 is 1.06 bits per heavy atom. The second-order valence-corrected chi connectivity index (χ2v) is 10.9. The van der Waals surface area contributed by atoms with Crippen LogP contribution in [0.5, 0.6) is 5.75 Å². The molecular formula is C29H31ClN2OS. The molecule has 4 aromatic rings. The van der Waals surface area contributed by atoms with Gasteiger partial charge in [0.1, 0.15) is 11.6 Å². The molecule has 34 heavy (non-hydrogen) atoms. The number of hydrogen-bond acceptors (Lipinski definition) is 3. The Balaban J connectivity index is 1.44. The molecule has 0 bridgehead atoms. The van der Waals surface area contributed by atoms with Crippen molar-refractivity contribution in [3.63, 3.8) is 0 Å². The summed E-state index contributed by atoms with van der Waals surface area (Å²) in [5.74, 6) is 4.21. The zero-order chi connectivity index (χ0) is 23.7. The largest absolute Gasteiger partial charge is 0.490 e. The number of para-hydroxylation sites is 1. The molecule has 1 aliphatic carbocycles. The number of hydrogen-bond donors (Lipinski definition) is 1. The summed E-state index contributed by atoms with van der Waals surface area (Å²) in [6.07, 6.45) is 3.86.